The molecule has 1 N–H and O–H groups in total. The van der Waals surface area contributed by atoms with Gasteiger partial charge in [0, 0.05) is 6.54 Å². The number of aromatic nitrogens is 2. The maximum Gasteiger partial charge on any atom is 0.225 e. The minimum absolute atomic E-state index is 0.446. The van der Waals surface area contributed by atoms with Crippen molar-refractivity contribution in [1.82, 2.24) is 9.97 Å². The van der Waals surface area contributed by atoms with Crippen molar-refractivity contribution in [2.45, 2.75) is 20.0 Å². The highest BCUT2D eigenvalue weighted by atomic mass is 35.5. The SMILES string of the molecule is CCN(CC(O)c1ccc(C)cc1)c1ncc(Cl)cn1. The maximum atomic E-state index is 10.3. The predicted molar refractivity (Wildman–Crippen MR) is 81.1 cm³/mol. The first kappa shape index (κ1) is 14.8. The first-order chi connectivity index (χ1) is 9.60. The molecule has 2 aromatic rings. The van der Waals surface area contributed by atoms with Crippen molar-refractivity contribution in [3.8, 4) is 0 Å². The Bertz CT molecular complexity index is 542. The van der Waals surface area contributed by atoms with Crippen LogP contribution in [0.5, 0.6) is 0 Å². The number of hydrogen-bond donors (Lipinski definition) is 1. The molecule has 0 bridgehead atoms. The molecule has 0 amide bonds. The Labute approximate surface area is 124 Å². The van der Waals surface area contributed by atoms with Gasteiger partial charge in [0.2, 0.25) is 5.95 Å². The fourth-order valence-corrected chi connectivity index (χ4v) is 2.02. The highest BCUT2D eigenvalue weighted by Crippen LogP contribution is 2.18. The number of hydrogen-bond acceptors (Lipinski definition) is 4. The molecule has 4 nitrogen and oxygen atoms in total. The summed E-state index contributed by atoms with van der Waals surface area (Å²) >= 11 is 5.78. The first-order valence-corrected chi connectivity index (χ1v) is 6.95. The number of nitrogens with zero attached hydrogens (tertiary/aromatic N) is 3. The normalized spacial score (nSPS) is 12.2. The van der Waals surface area contributed by atoms with E-state index in [2.05, 4.69) is 9.97 Å². The average molecular weight is 292 g/mol. The van der Waals surface area contributed by atoms with E-state index in [-0.39, 0.29) is 0 Å². The molecule has 0 aliphatic carbocycles. The second kappa shape index (κ2) is 6.68. The third-order valence-corrected chi connectivity index (χ3v) is 3.32. The molecule has 0 fully saturated rings. The number of likely N-dealkylation sites (N-methyl/N-ethyl adjacent to an activating group) is 1. The van der Waals surface area contributed by atoms with Crippen LogP contribution in [-0.2, 0) is 0 Å². The molecule has 1 unspecified atom stereocenters. The Balaban J connectivity index is 2.09. The summed E-state index contributed by atoms with van der Waals surface area (Å²) < 4.78 is 0. The molecule has 5 heteroatoms. The fourth-order valence-electron chi connectivity index (χ4n) is 1.92. The van der Waals surface area contributed by atoms with E-state index in [1.165, 1.54) is 5.56 Å². The van der Waals surface area contributed by atoms with Crippen molar-refractivity contribution in [2.24, 2.45) is 0 Å². The van der Waals surface area contributed by atoms with Gasteiger partial charge in [-0.3, -0.25) is 0 Å². The van der Waals surface area contributed by atoms with Crippen LogP contribution >= 0.6 is 11.6 Å². The Hall–Kier alpha value is -1.65. The van der Waals surface area contributed by atoms with Crippen molar-refractivity contribution in [3.63, 3.8) is 0 Å². The van der Waals surface area contributed by atoms with Gasteiger partial charge in [-0.05, 0) is 19.4 Å². The molecule has 2 rings (SSSR count). The Morgan fingerprint density at radius 1 is 1.20 bits per heavy atom. The lowest BCUT2D eigenvalue weighted by atomic mass is 10.1. The molecule has 0 radical (unpaired) electrons. The summed E-state index contributed by atoms with van der Waals surface area (Å²) in [7, 11) is 0. The third-order valence-electron chi connectivity index (χ3n) is 3.13. The van der Waals surface area contributed by atoms with Crippen LogP contribution in [0, 0.1) is 6.92 Å². The second-order valence-corrected chi connectivity index (χ2v) is 5.10. The van der Waals surface area contributed by atoms with Gasteiger partial charge in [-0.1, -0.05) is 41.4 Å². The first-order valence-electron chi connectivity index (χ1n) is 6.57. The number of benzene rings is 1. The van der Waals surface area contributed by atoms with Gasteiger partial charge < -0.3 is 10.0 Å². The number of aliphatic hydroxyl groups is 1. The van der Waals surface area contributed by atoms with Gasteiger partial charge in [0.05, 0.1) is 30.1 Å². The van der Waals surface area contributed by atoms with Crippen molar-refractivity contribution in [1.29, 1.82) is 0 Å². The van der Waals surface area contributed by atoms with E-state index in [9.17, 15) is 5.11 Å². The molecule has 0 aliphatic heterocycles. The number of rotatable bonds is 5. The van der Waals surface area contributed by atoms with Crippen LogP contribution < -0.4 is 4.90 Å². The minimum Gasteiger partial charge on any atom is -0.387 e. The number of anilines is 1. The van der Waals surface area contributed by atoms with Crippen LogP contribution in [0.25, 0.3) is 0 Å². The molecule has 0 saturated carbocycles. The highest BCUT2D eigenvalue weighted by molar-refractivity contribution is 6.30. The van der Waals surface area contributed by atoms with Gasteiger partial charge >= 0.3 is 0 Å². The summed E-state index contributed by atoms with van der Waals surface area (Å²) in [6, 6.07) is 7.87. The molecule has 20 heavy (non-hydrogen) atoms. The molecular weight excluding hydrogens is 274 g/mol. The van der Waals surface area contributed by atoms with Gasteiger partial charge in [0.15, 0.2) is 0 Å². The summed E-state index contributed by atoms with van der Waals surface area (Å²) in [5.41, 5.74) is 2.07. The van der Waals surface area contributed by atoms with Crippen molar-refractivity contribution < 1.29 is 5.11 Å². The van der Waals surface area contributed by atoms with E-state index in [0.29, 0.717) is 24.1 Å². The van der Waals surface area contributed by atoms with Crippen molar-refractivity contribution in [2.75, 3.05) is 18.0 Å². The largest absolute Gasteiger partial charge is 0.387 e. The Morgan fingerprint density at radius 2 is 1.80 bits per heavy atom. The number of halogens is 1. The van der Waals surface area contributed by atoms with Crippen LogP contribution in [0.1, 0.15) is 24.2 Å². The zero-order valence-corrected chi connectivity index (χ0v) is 12.4. The smallest absolute Gasteiger partial charge is 0.225 e. The average Bonchev–Trinajstić information content (AvgIpc) is 2.46. The summed E-state index contributed by atoms with van der Waals surface area (Å²) in [6.07, 6.45) is 2.55. The van der Waals surface area contributed by atoms with E-state index in [0.717, 1.165) is 5.56 Å². The standard InChI is InChI=1S/C15H18ClN3O/c1-3-19(15-17-8-13(16)9-18-15)10-14(20)12-6-4-11(2)5-7-12/h4-9,14,20H,3,10H2,1-2H3. The van der Waals surface area contributed by atoms with Crippen molar-refractivity contribution in [3.05, 3.63) is 52.8 Å². The van der Waals surface area contributed by atoms with E-state index < -0.39 is 6.10 Å². The predicted octanol–water partition coefficient (Wildman–Crippen LogP) is 3.00. The molecule has 1 atom stereocenters. The third kappa shape index (κ3) is 3.68. The highest BCUT2D eigenvalue weighted by Gasteiger charge is 2.14. The number of aryl methyl sites for hydroxylation is 1. The zero-order valence-electron chi connectivity index (χ0n) is 11.6. The van der Waals surface area contributed by atoms with Crippen LogP contribution in [0.4, 0.5) is 5.95 Å². The van der Waals surface area contributed by atoms with Gasteiger partial charge in [-0.25, -0.2) is 9.97 Å². The lowest BCUT2D eigenvalue weighted by Crippen LogP contribution is -2.29. The van der Waals surface area contributed by atoms with Gasteiger partial charge in [-0.15, -0.1) is 0 Å². The quantitative estimate of drug-likeness (QED) is 0.920. The molecule has 0 aliphatic rings. The van der Waals surface area contributed by atoms with Crippen LogP contribution in [-0.4, -0.2) is 28.2 Å². The monoisotopic (exact) mass is 291 g/mol. The molecule has 0 spiro atoms. The lowest BCUT2D eigenvalue weighted by molar-refractivity contribution is 0.183. The molecular formula is C15H18ClN3O. The van der Waals surface area contributed by atoms with Crippen LogP contribution in [0.2, 0.25) is 5.02 Å². The van der Waals surface area contributed by atoms with Crippen LogP contribution in [0.3, 0.4) is 0 Å². The second-order valence-electron chi connectivity index (χ2n) is 4.67. The maximum absolute atomic E-state index is 10.3. The van der Waals surface area contributed by atoms with Gasteiger partial charge in [0.1, 0.15) is 0 Å². The molecule has 106 valence electrons. The summed E-state index contributed by atoms with van der Waals surface area (Å²) in [5.74, 6) is 0.572. The Kier molecular flexibility index (Phi) is 4.93. The van der Waals surface area contributed by atoms with Crippen molar-refractivity contribution >= 4 is 17.5 Å². The minimum atomic E-state index is -0.574. The summed E-state index contributed by atoms with van der Waals surface area (Å²) in [6.45, 7) is 5.18. The van der Waals surface area contributed by atoms with E-state index in [1.54, 1.807) is 12.4 Å². The Morgan fingerprint density at radius 3 is 2.35 bits per heavy atom. The summed E-state index contributed by atoms with van der Waals surface area (Å²) in [5, 5.41) is 10.8. The molecule has 1 heterocycles. The van der Waals surface area contributed by atoms with Gasteiger partial charge in [-0.2, -0.15) is 0 Å². The molecule has 1 aromatic heterocycles. The van der Waals surface area contributed by atoms with Crippen LogP contribution in [0.15, 0.2) is 36.7 Å². The fraction of sp³-hybridized carbons (Fsp3) is 0.333. The molecule has 1 aromatic carbocycles. The zero-order chi connectivity index (χ0) is 14.5. The lowest BCUT2D eigenvalue weighted by Gasteiger charge is -2.24. The topological polar surface area (TPSA) is 49.2 Å². The number of aliphatic hydroxyl groups excluding tert-OH is 1. The molecule has 0 saturated heterocycles. The van der Waals surface area contributed by atoms with Gasteiger partial charge in [0.25, 0.3) is 0 Å². The van der Waals surface area contributed by atoms with E-state index in [4.69, 9.17) is 11.6 Å². The summed E-state index contributed by atoms with van der Waals surface area (Å²) in [4.78, 5) is 10.3. The van der Waals surface area contributed by atoms with E-state index in [1.807, 2.05) is 43.0 Å². The van der Waals surface area contributed by atoms with E-state index >= 15 is 0 Å².